The maximum atomic E-state index is 13.6. The zero-order chi connectivity index (χ0) is 31.6. The molecule has 6 rings (SSSR count). The highest BCUT2D eigenvalue weighted by atomic mass is 19.3. The topological polar surface area (TPSA) is 102 Å². The smallest absolute Gasteiger partial charge is 0.253 e. The maximum absolute atomic E-state index is 13.6. The summed E-state index contributed by atoms with van der Waals surface area (Å²) >= 11 is 0. The third-order valence-corrected chi connectivity index (χ3v) is 8.13. The van der Waals surface area contributed by atoms with E-state index in [9.17, 15) is 18.4 Å². The van der Waals surface area contributed by atoms with E-state index in [4.69, 9.17) is 10.2 Å². The molecule has 2 N–H and O–H groups in total. The van der Waals surface area contributed by atoms with E-state index in [1.807, 2.05) is 43.3 Å². The second-order valence-corrected chi connectivity index (χ2v) is 11.4. The van der Waals surface area contributed by atoms with Gasteiger partial charge in [0.15, 0.2) is 5.78 Å². The van der Waals surface area contributed by atoms with Gasteiger partial charge in [-0.25, -0.2) is 13.8 Å². The molecular formula is C36H32F2N4O3. The number of nitrogen functional groups attached to an aromatic ring is 1. The molecule has 1 fully saturated rings. The van der Waals surface area contributed by atoms with Crippen LogP contribution in [-0.2, 0) is 11.2 Å². The number of amides is 1. The van der Waals surface area contributed by atoms with Crippen molar-refractivity contribution < 1.29 is 22.8 Å². The van der Waals surface area contributed by atoms with E-state index in [0.29, 0.717) is 29.1 Å². The monoisotopic (exact) mass is 606 g/mol. The van der Waals surface area contributed by atoms with Crippen molar-refractivity contribution in [1.82, 2.24) is 14.9 Å². The van der Waals surface area contributed by atoms with Crippen molar-refractivity contribution in [2.24, 2.45) is 0 Å². The minimum atomic E-state index is -2.71. The third kappa shape index (κ3) is 6.82. The van der Waals surface area contributed by atoms with E-state index in [0.717, 1.165) is 38.8 Å². The number of carbonyl (C=O) groups is 2. The second-order valence-electron chi connectivity index (χ2n) is 11.4. The number of ketones is 1. The van der Waals surface area contributed by atoms with Crippen LogP contribution in [0.1, 0.15) is 46.5 Å². The fraction of sp³-hybridized carbons (Fsp3) is 0.222. The van der Waals surface area contributed by atoms with Crippen molar-refractivity contribution in [2.45, 2.75) is 38.5 Å². The standard InChI is InChI=1S/C36H32F2N4O3/c1-23-12-15-40-22-32(23)31-20-27(25-4-6-26(7-5-25)35(44)42-16-13-36(37,38)14-17-42)18-28-19-30(45-34(28)31)10-9-29(43)8-2-24-3-11-33(39)41-21-24/h2-8,11-12,15,18-22H,9-10,13-14,16-17H2,1H3,(H2,39,41)/b8-2+. The fourth-order valence-electron chi connectivity index (χ4n) is 5.50. The maximum Gasteiger partial charge on any atom is 0.253 e. The number of piperidine rings is 1. The van der Waals surface area contributed by atoms with Gasteiger partial charge in [-0.3, -0.25) is 14.6 Å². The molecule has 9 heteroatoms. The van der Waals surface area contributed by atoms with Crippen molar-refractivity contribution in [3.05, 3.63) is 108 Å². The molecule has 1 aliphatic heterocycles. The van der Waals surface area contributed by atoms with Crippen LogP contribution in [0.2, 0.25) is 0 Å². The molecule has 0 saturated carbocycles. The van der Waals surface area contributed by atoms with Crippen molar-refractivity contribution in [2.75, 3.05) is 18.8 Å². The van der Waals surface area contributed by atoms with Gasteiger partial charge in [-0.05, 0) is 89.9 Å². The van der Waals surface area contributed by atoms with Crippen LogP contribution < -0.4 is 5.73 Å². The number of pyridine rings is 2. The number of alkyl halides is 2. The van der Waals surface area contributed by atoms with Gasteiger partial charge in [0.05, 0.1) is 0 Å². The summed E-state index contributed by atoms with van der Waals surface area (Å²) in [6.45, 7) is 2.10. The van der Waals surface area contributed by atoms with Crippen LogP contribution in [-0.4, -0.2) is 45.6 Å². The molecule has 0 atom stereocenters. The Bertz CT molecular complexity index is 1890. The number of nitrogens with zero attached hydrogens (tertiary/aromatic N) is 3. The van der Waals surface area contributed by atoms with Crippen LogP contribution >= 0.6 is 0 Å². The number of hydrogen-bond donors (Lipinski definition) is 1. The highest BCUT2D eigenvalue weighted by Crippen LogP contribution is 2.37. The number of aryl methyl sites for hydroxylation is 2. The minimum Gasteiger partial charge on any atom is -0.460 e. The van der Waals surface area contributed by atoms with E-state index >= 15 is 0 Å². The van der Waals surface area contributed by atoms with E-state index < -0.39 is 5.92 Å². The van der Waals surface area contributed by atoms with Crippen molar-refractivity contribution in [1.29, 1.82) is 0 Å². The first-order chi connectivity index (χ1) is 21.6. The van der Waals surface area contributed by atoms with Crippen molar-refractivity contribution in [3.63, 3.8) is 0 Å². The summed E-state index contributed by atoms with van der Waals surface area (Å²) in [5, 5.41) is 0.881. The molecule has 228 valence electrons. The van der Waals surface area contributed by atoms with Gasteiger partial charge in [-0.15, -0.1) is 0 Å². The Labute approximate surface area is 259 Å². The molecule has 0 aliphatic carbocycles. The Balaban J connectivity index is 1.25. The number of anilines is 1. The number of aromatic nitrogens is 2. The SMILES string of the molecule is Cc1ccncc1-c1cc(-c2ccc(C(=O)N3CCC(F)(F)CC3)cc2)cc2cc(CCC(=O)/C=C/c3ccc(N)nc3)oc12. The van der Waals surface area contributed by atoms with Crippen LogP contribution in [0.3, 0.4) is 0 Å². The molecule has 0 unspecified atom stereocenters. The predicted molar refractivity (Wildman–Crippen MR) is 171 cm³/mol. The number of halogens is 2. The summed E-state index contributed by atoms with van der Waals surface area (Å²) in [6.07, 6.45) is 8.49. The zero-order valence-electron chi connectivity index (χ0n) is 24.8. The van der Waals surface area contributed by atoms with Crippen LogP contribution in [0.5, 0.6) is 0 Å². The van der Waals surface area contributed by atoms with Gasteiger partial charge in [0.2, 0.25) is 0 Å². The minimum absolute atomic E-state index is 0.0378. The van der Waals surface area contributed by atoms with Crippen LogP contribution in [0, 0.1) is 6.92 Å². The molecule has 7 nitrogen and oxygen atoms in total. The highest BCUT2D eigenvalue weighted by molar-refractivity contribution is 5.99. The highest BCUT2D eigenvalue weighted by Gasteiger charge is 2.35. The van der Waals surface area contributed by atoms with Gasteiger partial charge in [0, 0.05) is 79.4 Å². The van der Waals surface area contributed by atoms with E-state index in [1.54, 1.807) is 48.9 Å². The summed E-state index contributed by atoms with van der Waals surface area (Å²) in [7, 11) is 0. The van der Waals surface area contributed by atoms with Gasteiger partial charge in [-0.2, -0.15) is 0 Å². The first kappa shape index (κ1) is 29.9. The largest absolute Gasteiger partial charge is 0.460 e. The molecule has 5 aromatic rings. The van der Waals surface area contributed by atoms with E-state index in [1.165, 1.54) is 11.0 Å². The Morgan fingerprint density at radius 2 is 1.76 bits per heavy atom. The number of nitrogens with two attached hydrogens (primary N) is 1. The lowest BCUT2D eigenvalue weighted by molar-refractivity contribution is -0.114. The van der Waals surface area contributed by atoms with Crippen LogP contribution in [0.25, 0.3) is 39.3 Å². The van der Waals surface area contributed by atoms with Crippen molar-refractivity contribution in [3.8, 4) is 22.3 Å². The summed E-state index contributed by atoms with van der Waals surface area (Å²) < 4.78 is 33.5. The number of hydrogen-bond acceptors (Lipinski definition) is 6. The molecule has 4 heterocycles. The summed E-state index contributed by atoms with van der Waals surface area (Å²) in [5.41, 5.74) is 12.2. The van der Waals surface area contributed by atoms with Crippen LogP contribution in [0.15, 0.2) is 89.7 Å². The second kappa shape index (κ2) is 12.4. The number of likely N-dealkylation sites (tertiary alicyclic amines) is 1. The zero-order valence-corrected chi connectivity index (χ0v) is 24.8. The molecule has 0 spiro atoms. The van der Waals surface area contributed by atoms with Gasteiger partial charge in [-0.1, -0.05) is 12.1 Å². The van der Waals surface area contributed by atoms with Gasteiger partial charge in [0.1, 0.15) is 17.2 Å². The number of benzene rings is 2. The molecule has 2 aromatic carbocycles. The van der Waals surface area contributed by atoms with E-state index in [2.05, 4.69) is 9.97 Å². The molecule has 0 radical (unpaired) electrons. The lowest BCUT2D eigenvalue weighted by Gasteiger charge is -2.31. The number of rotatable bonds is 8. The quantitative estimate of drug-likeness (QED) is 0.183. The fourth-order valence-corrected chi connectivity index (χ4v) is 5.50. The Hall–Kier alpha value is -5.18. The summed E-state index contributed by atoms with van der Waals surface area (Å²) in [5.74, 6) is -1.88. The predicted octanol–water partition coefficient (Wildman–Crippen LogP) is 7.53. The van der Waals surface area contributed by atoms with E-state index in [-0.39, 0.29) is 44.0 Å². The van der Waals surface area contributed by atoms with Crippen LogP contribution in [0.4, 0.5) is 14.6 Å². The molecule has 1 amide bonds. The van der Waals surface area contributed by atoms with Crippen molar-refractivity contribution >= 4 is 34.6 Å². The molecule has 3 aromatic heterocycles. The lowest BCUT2D eigenvalue weighted by Crippen LogP contribution is -2.42. The molecular weight excluding hydrogens is 574 g/mol. The number of furan rings is 1. The Morgan fingerprint density at radius 1 is 0.978 bits per heavy atom. The molecule has 0 bridgehead atoms. The number of carbonyl (C=O) groups excluding carboxylic acids is 2. The Kier molecular flexibility index (Phi) is 8.26. The third-order valence-electron chi connectivity index (χ3n) is 8.13. The molecule has 1 saturated heterocycles. The number of allylic oxidation sites excluding steroid dienone is 1. The first-order valence-electron chi connectivity index (χ1n) is 14.8. The normalized spacial score (nSPS) is 14.7. The number of fused-ring (bicyclic) bond motifs is 1. The average molecular weight is 607 g/mol. The van der Waals surface area contributed by atoms with Gasteiger partial charge < -0.3 is 15.1 Å². The van der Waals surface area contributed by atoms with Gasteiger partial charge in [0.25, 0.3) is 11.8 Å². The Morgan fingerprint density at radius 3 is 2.47 bits per heavy atom. The summed E-state index contributed by atoms with van der Waals surface area (Å²) in [4.78, 5) is 35.4. The molecule has 45 heavy (non-hydrogen) atoms. The van der Waals surface area contributed by atoms with Gasteiger partial charge >= 0.3 is 0 Å². The lowest BCUT2D eigenvalue weighted by atomic mass is 9.95. The first-order valence-corrected chi connectivity index (χ1v) is 14.8. The average Bonchev–Trinajstić information content (AvgIpc) is 3.46. The molecule has 1 aliphatic rings. The summed E-state index contributed by atoms with van der Waals surface area (Å²) in [6, 6.07) is 18.7.